The third-order valence-electron chi connectivity index (χ3n) is 9.85. The summed E-state index contributed by atoms with van der Waals surface area (Å²) in [6, 6.07) is 0. The van der Waals surface area contributed by atoms with Crippen LogP contribution in [0.25, 0.3) is 0 Å². The highest BCUT2D eigenvalue weighted by Gasteiger charge is 2.89. The second-order valence-electron chi connectivity index (χ2n) is 9.47. The lowest BCUT2D eigenvalue weighted by Crippen LogP contribution is -2.64. The first-order valence-corrected chi connectivity index (χ1v) is 10.2. The third-order valence-corrected chi connectivity index (χ3v) is 12.6. The summed E-state index contributed by atoms with van der Waals surface area (Å²) in [6.45, 7) is 21.9. The van der Waals surface area contributed by atoms with E-state index < -0.39 is 19.2 Å². The summed E-state index contributed by atoms with van der Waals surface area (Å²) >= 11 is 0. The molecule has 4 heteroatoms. The van der Waals surface area contributed by atoms with Crippen LogP contribution in [0.2, 0.25) is 0 Å². The molecule has 0 spiro atoms. The normalized spacial score (nSPS) is 50.3. The van der Waals surface area contributed by atoms with Crippen molar-refractivity contribution in [1.29, 1.82) is 0 Å². The number of halogens is 1. The molecule has 124 valence electrons. The Morgan fingerprint density at radius 2 is 1.14 bits per heavy atom. The van der Waals surface area contributed by atoms with Crippen molar-refractivity contribution in [3.8, 4) is 0 Å². The van der Waals surface area contributed by atoms with Crippen LogP contribution in [0.4, 0.5) is 0 Å². The van der Waals surface area contributed by atoms with Gasteiger partial charge in [-0.3, -0.25) is 0 Å². The van der Waals surface area contributed by atoms with E-state index in [9.17, 15) is 8.42 Å². The average Bonchev–Trinajstić information content (AvgIpc) is 2.42. The van der Waals surface area contributed by atoms with Crippen molar-refractivity contribution in [2.24, 2.45) is 33.0 Å². The van der Waals surface area contributed by atoms with Gasteiger partial charge in [-0.25, -0.2) is 8.42 Å². The van der Waals surface area contributed by atoms with Crippen molar-refractivity contribution in [2.75, 3.05) is 0 Å². The maximum Gasteiger partial charge on any atom is 0.238 e. The third kappa shape index (κ3) is 1.19. The molecule has 2 saturated carbocycles. The fraction of sp³-hybridized carbons (Fsp3) is 1.00. The quantitative estimate of drug-likeness (QED) is 0.627. The van der Waals surface area contributed by atoms with Gasteiger partial charge >= 0.3 is 0 Å². The van der Waals surface area contributed by atoms with Gasteiger partial charge in [-0.1, -0.05) is 62.3 Å². The molecule has 2 nitrogen and oxygen atoms in total. The van der Waals surface area contributed by atoms with Gasteiger partial charge in [0.25, 0.3) is 0 Å². The van der Waals surface area contributed by atoms with Crippen LogP contribution in [0.3, 0.4) is 0 Å². The Kier molecular flexibility index (Phi) is 3.07. The van der Waals surface area contributed by atoms with Crippen molar-refractivity contribution in [1.82, 2.24) is 0 Å². The maximum absolute atomic E-state index is 12.7. The van der Waals surface area contributed by atoms with Gasteiger partial charge in [-0.15, -0.1) is 0 Å². The lowest BCUT2D eigenvalue weighted by Gasteiger charge is -2.62. The molecule has 2 aliphatic carbocycles. The summed E-state index contributed by atoms with van der Waals surface area (Å²) < 4.78 is 24.4. The zero-order valence-corrected chi connectivity index (χ0v) is 16.8. The van der Waals surface area contributed by atoms with Gasteiger partial charge in [0.15, 0.2) is 0 Å². The molecule has 0 radical (unpaired) electrons. The van der Waals surface area contributed by atoms with Crippen LogP contribution in [0.1, 0.15) is 69.2 Å². The molecule has 4 unspecified atom stereocenters. The second-order valence-corrected chi connectivity index (χ2v) is 12.4. The summed E-state index contributed by atoms with van der Waals surface area (Å²) in [5.74, 6) is -0.00414. The molecule has 0 aromatic carbocycles. The fourth-order valence-electron chi connectivity index (χ4n) is 7.12. The maximum atomic E-state index is 12.7. The van der Waals surface area contributed by atoms with E-state index in [4.69, 9.17) is 10.7 Å². The van der Waals surface area contributed by atoms with Crippen LogP contribution in [0.5, 0.6) is 0 Å². The van der Waals surface area contributed by atoms with Crippen LogP contribution in [0, 0.1) is 33.0 Å². The number of rotatable bonds is 1. The summed E-state index contributed by atoms with van der Waals surface area (Å²) in [5, 5.41) is 0. The van der Waals surface area contributed by atoms with E-state index in [0.29, 0.717) is 0 Å². The summed E-state index contributed by atoms with van der Waals surface area (Å²) in [4.78, 5) is 0. The Hall–Kier alpha value is 0.240. The SMILES string of the molecule is CC1C2(C)C(C)(C)C(C)(C)C(C)(C2(C)C)C1(C)S(=O)(=O)Cl. The number of hydrogen-bond acceptors (Lipinski definition) is 2. The molecule has 0 aromatic rings. The van der Waals surface area contributed by atoms with Gasteiger partial charge in [0.2, 0.25) is 9.05 Å². The van der Waals surface area contributed by atoms with E-state index in [-0.39, 0.29) is 27.6 Å². The highest BCUT2D eigenvalue weighted by Crippen LogP contribution is 2.90. The first-order valence-electron chi connectivity index (χ1n) is 7.85. The highest BCUT2D eigenvalue weighted by molar-refractivity contribution is 8.14. The summed E-state index contributed by atoms with van der Waals surface area (Å²) in [5.41, 5.74) is -0.802. The Morgan fingerprint density at radius 3 is 1.43 bits per heavy atom. The topological polar surface area (TPSA) is 34.1 Å². The minimum absolute atomic E-state index is 0.00414. The fourth-order valence-corrected chi connectivity index (χ4v) is 9.64. The monoisotopic (exact) mass is 334 g/mol. The Labute approximate surface area is 135 Å². The van der Waals surface area contributed by atoms with Crippen molar-refractivity contribution in [3.05, 3.63) is 0 Å². The van der Waals surface area contributed by atoms with E-state index in [1.807, 2.05) is 6.92 Å². The largest absolute Gasteiger partial charge is 0.238 e. The molecule has 2 bridgehead atoms. The zero-order valence-electron chi connectivity index (χ0n) is 15.2. The van der Waals surface area contributed by atoms with Crippen LogP contribution < -0.4 is 0 Å². The first-order chi connectivity index (χ1) is 8.90. The van der Waals surface area contributed by atoms with E-state index in [0.717, 1.165) is 0 Å². The molecule has 21 heavy (non-hydrogen) atoms. The molecule has 0 amide bonds. The molecule has 0 aromatic heterocycles. The molecule has 0 heterocycles. The standard InChI is InChI=1S/C17H31ClO2S/c1-11-15(8)12(2,3)13(4,5)17(10,14(15,6)7)16(11,9)21(18,19)20/h11H,1-10H3. The molecule has 0 saturated heterocycles. The predicted molar refractivity (Wildman–Crippen MR) is 89.9 cm³/mol. The lowest BCUT2D eigenvalue weighted by atomic mass is 9.46. The first kappa shape index (κ1) is 17.6. The predicted octanol–water partition coefficient (Wildman–Crippen LogP) is 5.07. The lowest BCUT2D eigenvalue weighted by molar-refractivity contribution is -0.0943. The van der Waals surface area contributed by atoms with Gasteiger partial charge in [0.1, 0.15) is 0 Å². The number of hydrogen-bond donors (Lipinski definition) is 0. The van der Waals surface area contributed by atoms with Crippen LogP contribution in [-0.2, 0) is 9.05 Å². The van der Waals surface area contributed by atoms with E-state index >= 15 is 0 Å². The minimum Gasteiger partial charge on any atom is -0.212 e. The van der Waals surface area contributed by atoms with Crippen molar-refractivity contribution in [3.63, 3.8) is 0 Å². The van der Waals surface area contributed by atoms with Crippen LogP contribution >= 0.6 is 10.7 Å². The molecule has 2 rings (SSSR count). The van der Waals surface area contributed by atoms with E-state index in [2.05, 4.69) is 62.3 Å². The molecule has 0 aliphatic heterocycles. The van der Waals surface area contributed by atoms with Crippen molar-refractivity contribution < 1.29 is 8.42 Å². The van der Waals surface area contributed by atoms with Crippen LogP contribution in [0.15, 0.2) is 0 Å². The molecule has 2 aliphatic rings. The van der Waals surface area contributed by atoms with Crippen molar-refractivity contribution in [2.45, 2.75) is 74.0 Å². The zero-order chi connectivity index (χ0) is 17.1. The van der Waals surface area contributed by atoms with Gasteiger partial charge in [0, 0.05) is 10.7 Å². The van der Waals surface area contributed by atoms with E-state index in [1.54, 1.807) is 0 Å². The number of fused-ring (bicyclic) bond motifs is 2. The smallest absolute Gasteiger partial charge is 0.212 e. The Morgan fingerprint density at radius 1 is 0.762 bits per heavy atom. The van der Waals surface area contributed by atoms with Gasteiger partial charge < -0.3 is 0 Å². The molecular weight excluding hydrogens is 304 g/mol. The molecule has 2 fully saturated rings. The average molecular weight is 335 g/mol. The van der Waals surface area contributed by atoms with Gasteiger partial charge in [-0.05, 0) is 39.9 Å². The minimum atomic E-state index is -3.70. The van der Waals surface area contributed by atoms with E-state index in [1.165, 1.54) is 0 Å². The van der Waals surface area contributed by atoms with Crippen LogP contribution in [-0.4, -0.2) is 13.2 Å². The molecule has 4 atom stereocenters. The highest BCUT2D eigenvalue weighted by atomic mass is 35.7. The Bertz CT molecular complexity index is 604. The Balaban J connectivity index is 3.03. The second kappa shape index (κ2) is 3.66. The molecular formula is C17H31ClO2S. The van der Waals surface area contributed by atoms with Crippen molar-refractivity contribution >= 4 is 19.7 Å². The molecule has 0 N–H and O–H groups in total. The summed E-state index contributed by atoms with van der Waals surface area (Å²) in [7, 11) is 2.34. The van der Waals surface area contributed by atoms with Gasteiger partial charge in [-0.2, -0.15) is 0 Å². The summed E-state index contributed by atoms with van der Waals surface area (Å²) in [6.07, 6.45) is 0. The van der Waals surface area contributed by atoms with Gasteiger partial charge in [0.05, 0.1) is 4.75 Å².